The molecule has 10 heteroatoms. The van der Waals surface area contributed by atoms with Crippen molar-refractivity contribution in [3.8, 4) is 0 Å². The van der Waals surface area contributed by atoms with E-state index in [-0.39, 0.29) is 43.5 Å². The van der Waals surface area contributed by atoms with Gasteiger partial charge in [-0.3, -0.25) is 9.59 Å². The number of aliphatic hydroxyl groups excluding tert-OH is 1. The van der Waals surface area contributed by atoms with Crippen molar-refractivity contribution in [3.05, 3.63) is 101 Å². The molecule has 3 rings (SSSR count). The number of carbonyl (C=O) groups is 2. The van der Waals surface area contributed by atoms with Gasteiger partial charge in [0.05, 0.1) is 11.5 Å². The van der Waals surface area contributed by atoms with E-state index in [9.17, 15) is 27.5 Å². The van der Waals surface area contributed by atoms with Crippen LogP contribution in [0.25, 0.3) is 0 Å². The highest BCUT2D eigenvalue weighted by Crippen LogP contribution is 2.25. The molecule has 3 aromatic carbocycles. The van der Waals surface area contributed by atoms with Gasteiger partial charge in [0.25, 0.3) is 0 Å². The zero-order valence-electron chi connectivity index (χ0n) is 21.1. The van der Waals surface area contributed by atoms with E-state index in [1.165, 1.54) is 29.2 Å². The number of nitrogens with zero attached hydrogens (tertiary/aromatic N) is 1. The molecular weight excluding hydrogens is 509 g/mol. The smallest absolute Gasteiger partial charge is 0.247 e. The van der Waals surface area contributed by atoms with Gasteiger partial charge in [-0.25, -0.2) is 17.5 Å². The first kappa shape index (κ1) is 29.0. The Labute approximate surface area is 222 Å². The molecule has 202 valence electrons. The van der Waals surface area contributed by atoms with Crippen LogP contribution in [0.1, 0.15) is 36.1 Å². The van der Waals surface area contributed by atoms with E-state index in [2.05, 4.69) is 10.0 Å². The minimum absolute atomic E-state index is 0.0306. The van der Waals surface area contributed by atoms with Crippen LogP contribution in [-0.2, 0) is 32.6 Å². The summed E-state index contributed by atoms with van der Waals surface area (Å²) in [6, 6.07) is 19.9. The third kappa shape index (κ3) is 7.95. The zero-order chi connectivity index (χ0) is 27.5. The van der Waals surface area contributed by atoms with Crippen LogP contribution in [0.15, 0.2) is 83.8 Å². The van der Waals surface area contributed by atoms with Crippen molar-refractivity contribution in [2.75, 3.05) is 19.7 Å². The molecule has 8 nitrogen and oxygen atoms in total. The summed E-state index contributed by atoms with van der Waals surface area (Å²) in [5, 5.41) is 11.9. The molecule has 0 radical (unpaired) electrons. The number of aryl methyl sites for hydroxylation is 1. The lowest BCUT2D eigenvalue weighted by atomic mass is 10.0. The Morgan fingerprint density at radius 1 is 0.947 bits per heavy atom. The number of sulfonamides is 1. The van der Waals surface area contributed by atoms with E-state index in [0.717, 1.165) is 5.56 Å². The standard InChI is InChI=1S/C28H32FN3O5S/c1-2-31-38(36,37)25-15-10-21(11-16-25)12-17-26(34)32(20-22-8-13-24(29)14-9-22)27(28(35)30-18-19-33)23-6-4-3-5-7-23/h3-11,13-16,27,31,33H,2,12,17-20H2,1H3,(H,30,35)/t27-/m1/s1. The summed E-state index contributed by atoms with van der Waals surface area (Å²) in [5.74, 6) is -1.17. The number of benzene rings is 3. The predicted octanol–water partition coefficient (Wildman–Crippen LogP) is 2.94. The van der Waals surface area contributed by atoms with Crippen molar-refractivity contribution in [3.63, 3.8) is 0 Å². The summed E-state index contributed by atoms with van der Waals surface area (Å²) in [4.78, 5) is 28.4. The molecule has 0 aromatic heterocycles. The van der Waals surface area contributed by atoms with Gasteiger partial charge in [-0.1, -0.05) is 61.5 Å². The molecule has 0 saturated heterocycles. The summed E-state index contributed by atoms with van der Waals surface area (Å²) >= 11 is 0. The Morgan fingerprint density at radius 3 is 2.18 bits per heavy atom. The van der Waals surface area contributed by atoms with Crippen LogP contribution in [0.2, 0.25) is 0 Å². The predicted molar refractivity (Wildman–Crippen MR) is 142 cm³/mol. The Hall–Kier alpha value is -3.60. The average molecular weight is 542 g/mol. The van der Waals surface area contributed by atoms with Gasteiger partial charge in [0, 0.05) is 26.1 Å². The number of carbonyl (C=O) groups excluding carboxylic acids is 2. The fraction of sp³-hybridized carbons (Fsp3) is 0.286. The van der Waals surface area contributed by atoms with Gasteiger partial charge >= 0.3 is 0 Å². The normalized spacial score (nSPS) is 12.1. The Kier molecular flexibility index (Phi) is 10.5. The second-order valence-electron chi connectivity index (χ2n) is 8.62. The molecule has 0 unspecified atom stereocenters. The molecular formula is C28H32FN3O5S. The fourth-order valence-corrected chi connectivity index (χ4v) is 5.04. The van der Waals surface area contributed by atoms with Crippen molar-refractivity contribution in [1.29, 1.82) is 0 Å². The van der Waals surface area contributed by atoms with Gasteiger partial charge in [-0.2, -0.15) is 0 Å². The maximum absolute atomic E-state index is 13.6. The second kappa shape index (κ2) is 13.8. The van der Waals surface area contributed by atoms with Crippen LogP contribution in [0, 0.1) is 5.82 Å². The van der Waals surface area contributed by atoms with Crippen LogP contribution in [0.4, 0.5) is 4.39 Å². The molecule has 0 aliphatic heterocycles. The van der Waals surface area contributed by atoms with Gasteiger partial charge in [0.15, 0.2) is 0 Å². The number of amides is 2. The summed E-state index contributed by atoms with van der Waals surface area (Å²) in [6.07, 6.45) is 0.372. The highest BCUT2D eigenvalue weighted by Gasteiger charge is 2.31. The van der Waals surface area contributed by atoms with Crippen LogP contribution in [0.3, 0.4) is 0 Å². The molecule has 3 aromatic rings. The van der Waals surface area contributed by atoms with Gasteiger partial charge in [0.1, 0.15) is 11.9 Å². The lowest BCUT2D eigenvalue weighted by molar-refractivity contribution is -0.141. The summed E-state index contributed by atoms with van der Waals surface area (Å²) in [6.45, 7) is 1.81. The molecule has 0 aliphatic carbocycles. The fourth-order valence-electron chi connectivity index (χ4n) is 4.00. The molecule has 0 aliphatic rings. The zero-order valence-corrected chi connectivity index (χ0v) is 22.0. The molecule has 0 bridgehead atoms. The maximum atomic E-state index is 13.6. The molecule has 3 N–H and O–H groups in total. The van der Waals surface area contributed by atoms with E-state index in [0.29, 0.717) is 17.5 Å². The number of hydrogen-bond acceptors (Lipinski definition) is 5. The molecule has 1 atom stereocenters. The minimum atomic E-state index is -3.58. The first-order chi connectivity index (χ1) is 18.2. The van der Waals surface area contributed by atoms with E-state index in [1.807, 2.05) is 0 Å². The highest BCUT2D eigenvalue weighted by atomic mass is 32.2. The van der Waals surface area contributed by atoms with Gasteiger partial charge in [-0.05, 0) is 47.4 Å². The summed E-state index contributed by atoms with van der Waals surface area (Å²) in [7, 11) is -3.58. The first-order valence-electron chi connectivity index (χ1n) is 12.3. The second-order valence-corrected chi connectivity index (χ2v) is 10.4. The van der Waals surface area contributed by atoms with Crippen LogP contribution >= 0.6 is 0 Å². The molecule has 38 heavy (non-hydrogen) atoms. The Morgan fingerprint density at radius 2 is 1.58 bits per heavy atom. The van der Waals surface area contributed by atoms with Crippen molar-refractivity contribution in [2.45, 2.75) is 37.2 Å². The van der Waals surface area contributed by atoms with E-state index in [4.69, 9.17) is 0 Å². The largest absolute Gasteiger partial charge is 0.395 e. The Bertz CT molecular complexity index is 1300. The van der Waals surface area contributed by atoms with Crippen molar-refractivity contribution >= 4 is 21.8 Å². The number of halogens is 1. The summed E-state index contributed by atoms with van der Waals surface area (Å²) < 4.78 is 40.3. The maximum Gasteiger partial charge on any atom is 0.247 e. The number of rotatable bonds is 13. The highest BCUT2D eigenvalue weighted by molar-refractivity contribution is 7.89. The first-order valence-corrected chi connectivity index (χ1v) is 13.8. The number of hydrogen-bond donors (Lipinski definition) is 3. The topological polar surface area (TPSA) is 116 Å². The average Bonchev–Trinajstić information content (AvgIpc) is 2.92. The lowest BCUT2D eigenvalue weighted by Crippen LogP contribution is -2.44. The van der Waals surface area contributed by atoms with Gasteiger partial charge in [-0.15, -0.1) is 0 Å². The third-order valence-electron chi connectivity index (χ3n) is 5.87. The summed E-state index contributed by atoms with van der Waals surface area (Å²) in [5.41, 5.74) is 2.00. The SMILES string of the molecule is CCNS(=O)(=O)c1ccc(CCC(=O)N(Cc2ccc(F)cc2)[C@@H](C(=O)NCCO)c2ccccc2)cc1. The van der Waals surface area contributed by atoms with Crippen molar-refractivity contribution in [1.82, 2.24) is 14.9 Å². The number of nitrogens with one attached hydrogen (secondary N) is 2. The minimum Gasteiger partial charge on any atom is -0.395 e. The lowest BCUT2D eigenvalue weighted by Gasteiger charge is -2.31. The van der Waals surface area contributed by atoms with Gasteiger partial charge in [0.2, 0.25) is 21.8 Å². The van der Waals surface area contributed by atoms with Gasteiger partial charge < -0.3 is 15.3 Å². The quantitative estimate of drug-likeness (QED) is 0.308. The number of aliphatic hydroxyl groups is 1. The third-order valence-corrected chi connectivity index (χ3v) is 7.43. The molecule has 0 spiro atoms. The van der Waals surface area contributed by atoms with Crippen LogP contribution in [0.5, 0.6) is 0 Å². The van der Waals surface area contributed by atoms with Crippen molar-refractivity contribution in [2.24, 2.45) is 0 Å². The monoisotopic (exact) mass is 541 g/mol. The molecule has 0 saturated carbocycles. The van der Waals surface area contributed by atoms with Crippen molar-refractivity contribution < 1.29 is 27.5 Å². The Balaban J connectivity index is 1.87. The van der Waals surface area contributed by atoms with Crippen LogP contribution < -0.4 is 10.0 Å². The van der Waals surface area contributed by atoms with E-state index >= 15 is 0 Å². The van der Waals surface area contributed by atoms with E-state index in [1.54, 1.807) is 61.5 Å². The van der Waals surface area contributed by atoms with E-state index < -0.39 is 27.8 Å². The molecule has 0 heterocycles. The molecule has 2 amide bonds. The molecule has 0 fully saturated rings. The van der Waals surface area contributed by atoms with Crippen LogP contribution in [-0.4, -0.2) is 49.9 Å².